The molecule has 7 nitrogen and oxygen atoms in total. The maximum absolute atomic E-state index is 13.3. The van der Waals surface area contributed by atoms with Gasteiger partial charge in [-0.15, -0.1) is 0 Å². The number of amides is 1. The number of hydrogen-bond donors (Lipinski definition) is 1. The van der Waals surface area contributed by atoms with E-state index < -0.39 is 17.8 Å². The van der Waals surface area contributed by atoms with Crippen LogP contribution in [0.15, 0.2) is 12.3 Å². The number of carbonyl (C=O) groups excluding carboxylic acids is 2. The third-order valence-corrected chi connectivity index (χ3v) is 5.07. The smallest absolute Gasteiger partial charge is 0.349 e. The number of rotatable bonds is 4. The Morgan fingerprint density at radius 2 is 1.93 bits per heavy atom. The largest absolute Gasteiger partial charge is 0.399 e. The molecule has 2 aliphatic carbocycles. The number of nitrogens with one attached hydrogen (secondary N) is 1. The molecule has 0 atom stereocenters. The number of hydrogen-bond acceptors (Lipinski definition) is 5. The Hall–Kier alpha value is -2.65. The lowest BCUT2D eigenvalue weighted by Gasteiger charge is -2.28. The summed E-state index contributed by atoms with van der Waals surface area (Å²) in [5.74, 6) is -4.40. The summed E-state index contributed by atoms with van der Waals surface area (Å²) in [6, 6.07) is 1.06. The zero-order chi connectivity index (χ0) is 19.2. The Kier molecular flexibility index (Phi) is 4.27. The van der Waals surface area contributed by atoms with Gasteiger partial charge in [-0.05, 0) is 31.7 Å². The summed E-state index contributed by atoms with van der Waals surface area (Å²) in [6.45, 7) is 0. The Labute approximate surface area is 151 Å². The molecule has 0 spiro atoms. The molecular formula is C17H17F3N4O3. The summed E-state index contributed by atoms with van der Waals surface area (Å²) in [4.78, 5) is 32.2. The lowest BCUT2D eigenvalue weighted by atomic mass is 9.92. The average Bonchev–Trinajstić information content (AvgIpc) is 3.42. The van der Waals surface area contributed by atoms with Gasteiger partial charge in [-0.25, -0.2) is 28.0 Å². The van der Waals surface area contributed by atoms with Gasteiger partial charge in [-0.1, -0.05) is 0 Å². The van der Waals surface area contributed by atoms with E-state index in [0.29, 0.717) is 5.69 Å². The average molecular weight is 382 g/mol. The third kappa shape index (κ3) is 3.35. The molecule has 2 fully saturated rings. The summed E-state index contributed by atoms with van der Waals surface area (Å²) in [5, 5.41) is 6.74. The van der Waals surface area contributed by atoms with E-state index in [1.165, 1.54) is 12.3 Å². The van der Waals surface area contributed by atoms with Crippen molar-refractivity contribution in [2.24, 2.45) is 0 Å². The maximum atomic E-state index is 13.3. The van der Waals surface area contributed by atoms with Crippen LogP contribution >= 0.6 is 0 Å². The van der Waals surface area contributed by atoms with E-state index in [4.69, 9.17) is 0 Å². The number of imidazole rings is 1. The second-order valence-corrected chi connectivity index (χ2v) is 7.07. The fourth-order valence-electron chi connectivity index (χ4n) is 3.46. The van der Waals surface area contributed by atoms with Crippen LogP contribution in [0.3, 0.4) is 0 Å². The predicted octanol–water partition coefficient (Wildman–Crippen LogP) is 2.96. The minimum absolute atomic E-state index is 0.00251. The Bertz CT molecular complexity index is 900. The van der Waals surface area contributed by atoms with Gasteiger partial charge >= 0.3 is 5.97 Å². The highest BCUT2D eigenvalue weighted by molar-refractivity contribution is 6.01. The van der Waals surface area contributed by atoms with E-state index in [-0.39, 0.29) is 54.5 Å². The predicted molar refractivity (Wildman–Crippen MR) is 86.2 cm³/mol. The van der Waals surface area contributed by atoms with Gasteiger partial charge in [0.05, 0.1) is 11.3 Å². The van der Waals surface area contributed by atoms with Gasteiger partial charge in [0.25, 0.3) is 5.91 Å². The number of nitrogens with zero attached hydrogens (tertiary/aromatic N) is 3. The molecular weight excluding hydrogens is 365 g/mol. The zero-order valence-corrected chi connectivity index (χ0v) is 14.3. The van der Waals surface area contributed by atoms with Gasteiger partial charge in [-0.3, -0.25) is 4.79 Å². The third-order valence-electron chi connectivity index (χ3n) is 5.07. The first-order valence-corrected chi connectivity index (χ1v) is 8.79. The molecule has 2 aromatic heterocycles. The topological polar surface area (TPSA) is 85.6 Å². The molecule has 4 rings (SSSR count). The van der Waals surface area contributed by atoms with Crippen molar-refractivity contribution in [3.8, 4) is 0 Å². The quantitative estimate of drug-likeness (QED) is 0.879. The number of halogens is 3. The fraction of sp³-hybridized carbons (Fsp3) is 0.529. The van der Waals surface area contributed by atoms with Crippen LogP contribution in [0.2, 0.25) is 0 Å². The van der Waals surface area contributed by atoms with Crippen molar-refractivity contribution in [3.63, 3.8) is 0 Å². The summed E-state index contributed by atoms with van der Waals surface area (Å²) < 4.78 is 40.2. The van der Waals surface area contributed by atoms with E-state index >= 15 is 0 Å². The van der Waals surface area contributed by atoms with Crippen molar-refractivity contribution < 1.29 is 27.8 Å². The maximum Gasteiger partial charge on any atom is 0.399 e. The highest BCUT2D eigenvalue weighted by Crippen LogP contribution is 2.41. The van der Waals surface area contributed by atoms with E-state index in [9.17, 15) is 22.9 Å². The highest BCUT2D eigenvalue weighted by Gasteiger charge is 2.37. The standard InChI is InChI=1S/C17H17F3N4O3/c18-17(19)6-3-10(4-7-17)22-15(25)11-5-8-21-24-13(16(26)27-20)12(9-1-2-9)23-14(11)24/h5,8-10H,1-4,6-7H2,(H,22,25). The van der Waals surface area contributed by atoms with Crippen LogP contribution in [0.25, 0.3) is 5.65 Å². The highest BCUT2D eigenvalue weighted by atomic mass is 19.3. The molecule has 144 valence electrons. The van der Waals surface area contributed by atoms with Gasteiger partial charge in [0.15, 0.2) is 11.3 Å². The Morgan fingerprint density at radius 3 is 2.56 bits per heavy atom. The first kappa shape index (κ1) is 17.7. The van der Waals surface area contributed by atoms with E-state index in [1.807, 2.05) is 0 Å². The number of alkyl halides is 2. The second-order valence-electron chi connectivity index (χ2n) is 7.07. The van der Waals surface area contributed by atoms with Crippen LogP contribution in [-0.4, -0.2) is 38.4 Å². The van der Waals surface area contributed by atoms with Crippen LogP contribution in [-0.2, 0) is 4.94 Å². The van der Waals surface area contributed by atoms with Crippen molar-refractivity contribution in [1.82, 2.24) is 19.9 Å². The fourth-order valence-corrected chi connectivity index (χ4v) is 3.46. The molecule has 1 N–H and O–H groups in total. The summed E-state index contributed by atoms with van der Waals surface area (Å²) >= 11 is 0. The monoisotopic (exact) mass is 382 g/mol. The van der Waals surface area contributed by atoms with Gasteiger partial charge in [-0.2, -0.15) is 5.10 Å². The summed E-state index contributed by atoms with van der Waals surface area (Å²) in [5.41, 5.74) is 0.463. The number of aromatic nitrogens is 3. The second kappa shape index (κ2) is 6.50. The minimum Gasteiger partial charge on any atom is -0.349 e. The van der Waals surface area contributed by atoms with Crippen LogP contribution in [0.5, 0.6) is 0 Å². The molecule has 0 saturated heterocycles. The lowest BCUT2D eigenvalue weighted by molar-refractivity contribution is -0.0796. The first-order chi connectivity index (χ1) is 12.9. The molecule has 0 aliphatic heterocycles. The van der Waals surface area contributed by atoms with E-state index in [1.54, 1.807) is 0 Å². The van der Waals surface area contributed by atoms with Crippen molar-refractivity contribution in [2.75, 3.05) is 0 Å². The normalized spacial score (nSPS) is 19.8. The van der Waals surface area contributed by atoms with Crippen LogP contribution in [0.1, 0.15) is 71.0 Å². The van der Waals surface area contributed by atoms with Crippen LogP contribution < -0.4 is 5.32 Å². The summed E-state index contributed by atoms with van der Waals surface area (Å²) in [6.07, 6.45) is 2.71. The van der Waals surface area contributed by atoms with Crippen LogP contribution in [0.4, 0.5) is 13.3 Å². The van der Waals surface area contributed by atoms with Gasteiger partial charge in [0.2, 0.25) is 5.92 Å². The molecule has 2 aliphatic rings. The molecule has 27 heavy (non-hydrogen) atoms. The lowest BCUT2D eigenvalue weighted by Crippen LogP contribution is -2.40. The molecule has 0 unspecified atom stereocenters. The molecule has 2 aromatic rings. The molecule has 1 amide bonds. The molecule has 2 heterocycles. The van der Waals surface area contributed by atoms with Gasteiger partial charge in [0.1, 0.15) is 0 Å². The van der Waals surface area contributed by atoms with Crippen molar-refractivity contribution in [1.29, 1.82) is 0 Å². The molecule has 0 radical (unpaired) electrons. The SMILES string of the molecule is O=C(NC1CCC(F)(F)CC1)c1ccnn2c(C(=O)OF)c(C3CC3)nc12. The van der Waals surface area contributed by atoms with Gasteiger partial charge < -0.3 is 5.32 Å². The van der Waals surface area contributed by atoms with Crippen molar-refractivity contribution in [2.45, 2.75) is 56.4 Å². The van der Waals surface area contributed by atoms with E-state index in [2.05, 4.69) is 20.3 Å². The van der Waals surface area contributed by atoms with E-state index in [0.717, 1.165) is 17.4 Å². The Balaban J connectivity index is 1.64. The Morgan fingerprint density at radius 1 is 1.22 bits per heavy atom. The molecule has 0 aromatic carbocycles. The number of carbonyl (C=O) groups is 2. The minimum atomic E-state index is -2.69. The molecule has 2 saturated carbocycles. The first-order valence-electron chi connectivity index (χ1n) is 8.79. The zero-order valence-electron chi connectivity index (χ0n) is 14.3. The van der Waals surface area contributed by atoms with Crippen LogP contribution in [0, 0.1) is 0 Å². The van der Waals surface area contributed by atoms with Crippen molar-refractivity contribution >= 4 is 17.5 Å². The number of fused-ring (bicyclic) bond motifs is 1. The van der Waals surface area contributed by atoms with Crippen molar-refractivity contribution in [3.05, 3.63) is 29.2 Å². The molecule has 10 heteroatoms. The summed E-state index contributed by atoms with van der Waals surface area (Å²) in [7, 11) is 0. The molecule has 0 bridgehead atoms. The van der Waals surface area contributed by atoms with Gasteiger partial charge in [0, 0.05) is 35.5 Å².